The standard InChI is InChI=1S/C17H18BN2P/c1-17(10-18-21)12-6-11-7-16(15-4-2-3-5-19-15)20-9-13(11)14(17)8-12/h2-5,7,9-10,12,14H,6,8,21H2,1H3. The molecule has 2 aromatic heterocycles. The molecule has 4 heteroatoms. The zero-order valence-corrected chi connectivity index (χ0v) is 13.3. The van der Waals surface area contributed by atoms with Crippen LogP contribution in [0.15, 0.2) is 36.7 Å². The molecule has 5 rings (SSSR count). The van der Waals surface area contributed by atoms with Crippen molar-refractivity contribution in [1.29, 1.82) is 0 Å². The fourth-order valence-electron chi connectivity index (χ4n) is 4.06. The first-order chi connectivity index (χ1) is 10.2. The molecule has 1 saturated carbocycles. The average molecular weight is 292 g/mol. The van der Waals surface area contributed by atoms with Crippen molar-refractivity contribution in [1.82, 2.24) is 9.97 Å². The average Bonchev–Trinajstić information content (AvgIpc) is 2.54. The zero-order chi connectivity index (χ0) is 14.4. The fraction of sp³-hybridized carbons (Fsp3) is 0.353. The van der Waals surface area contributed by atoms with Crippen LogP contribution in [0.1, 0.15) is 30.4 Å². The van der Waals surface area contributed by atoms with Crippen molar-refractivity contribution in [2.45, 2.75) is 25.7 Å². The maximum atomic E-state index is 4.67. The van der Waals surface area contributed by atoms with E-state index >= 15 is 0 Å². The molecule has 0 aromatic carbocycles. The Bertz CT molecular complexity index is 716. The van der Waals surface area contributed by atoms with Crippen LogP contribution in [0.5, 0.6) is 0 Å². The predicted octanol–water partition coefficient (Wildman–Crippen LogP) is 3.11. The second-order valence-corrected chi connectivity index (χ2v) is 6.78. The van der Waals surface area contributed by atoms with Gasteiger partial charge in [0, 0.05) is 0 Å². The summed E-state index contributed by atoms with van der Waals surface area (Å²) >= 11 is 0. The molecule has 1 fully saturated rings. The summed E-state index contributed by atoms with van der Waals surface area (Å²) in [6.07, 6.45) is 6.39. The molecule has 2 aromatic rings. The minimum atomic E-state index is 0.322. The Balaban J connectivity index is 1.74. The van der Waals surface area contributed by atoms with E-state index in [1.165, 1.54) is 24.0 Å². The summed E-state index contributed by atoms with van der Waals surface area (Å²) in [5, 5.41) is 0. The summed E-state index contributed by atoms with van der Waals surface area (Å²) in [7, 11) is 2.71. The molecule has 2 bridgehead atoms. The summed E-state index contributed by atoms with van der Waals surface area (Å²) in [5.74, 6) is 3.77. The van der Waals surface area contributed by atoms with E-state index in [4.69, 9.17) is 0 Å². The summed E-state index contributed by atoms with van der Waals surface area (Å²) in [6, 6.07) is 8.24. The van der Waals surface area contributed by atoms with E-state index in [1.807, 2.05) is 24.4 Å². The van der Waals surface area contributed by atoms with Crippen LogP contribution in [0.2, 0.25) is 0 Å². The van der Waals surface area contributed by atoms with Gasteiger partial charge in [0.05, 0.1) is 0 Å². The van der Waals surface area contributed by atoms with Gasteiger partial charge in [-0.15, -0.1) is 0 Å². The summed E-state index contributed by atoms with van der Waals surface area (Å²) in [6.45, 7) is 4.52. The van der Waals surface area contributed by atoms with E-state index in [-0.39, 0.29) is 0 Å². The van der Waals surface area contributed by atoms with Gasteiger partial charge in [0.15, 0.2) is 0 Å². The van der Waals surface area contributed by atoms with Gasteiger partial charge in [0.1, 0.15) is 0 Å². The summed E-state index contributed by atoms with van der Waals surface area (Å²) < 4.78 is 0. The topological polar surface area (TPSA) is 25.8 Å². The molecule has 2 heterocycles. The van der Waals surface area contributed by atoms with Crippen molar-refractivity contribution in [3.8, 4) is 11.4 Å². The minimum absolute atomic E-state index is 0.322. The van der Waals surface area contributed by atoms with E-state index in [9.17, 15) is 0 Å². The molecular weight excluding hydrogens is 274 g/mol. The number of hydrogen-bond acceptors (Lipinski definition) is 2. The molecule has 0 aliphatic heterocycles. The fourth-order valence-corrected chi connectivity index (χ4v) is 4.47. The number of rotatable bonds is 2. The molecule has 0 N–H and O–H groups in total. The number of nitrogens with zero attached hydrogens (tertiary/aromatic N) is 2. The Morgan fingerprint density at radius 2 is 2.24 bits per heavy atom. The quantitative estimate of drug-likeness (QED) is 0.628. The van der Waals surface area contributed by atoms with Crippen LogP contribution in [0, 0.1) is 11.3 Å². The van der Waals surface area contributed by atoms with Crippen molar-refractivity contribution in [3.05, 3.63) is 47.8 Å². The molecule has 104 valence electrons. The molecule has 0 amide bonds. The number of pyridine rings is 2. The Kier molecular flexibility index (Phi) is 3.08. The van der Waals surface area contributed by atoms with Crippen LogP contribution in [0.4, 0.5) is 0 Å². The first-order valence-electron chi connectivity index (χ1n) is 7.52. The predicted molar refractivity (Wildman–Crippen MR) is 91.7 cm³/mol. The van der Waals surface area contributed by atoms with Gasteiger partial charge in [-0.2, -0.15) is 0 Å². The van der Waals surface area contributed by atoms with Crippen LogP contribution in [0.25, 0.3) is 11.4 Å². The normalized spacial score (nSPS) is 29.6. The first-order valence-corrected chi connectivity index (χ1v) is 8.18. The third-order valence-electron chi connectivity index (χ3n) is 5.40. The molecule has 0 spiro atoms. The van der Waals surface area contributed by atoms with Crippen LogP contribution in [0.3, 0.4) is 0 Å². The van der Waals surface area contributed by atoms with Gasteiger partial charge in [-0.1, -0.05) is 0 Å². The van der Waals surface area contributed by atoms with Gasteiger partial charge < -0.3 is 0 Å². The molecule has 0 saturated heterocycles. The SMILES string of the molecule is CC1(C=BP)C2Cc3cc(-c4ccccn4)ncc3C1C2. The van der Waals surface area contributed by atoms with E-state index in [1.54, 1.807) is 0 Å². The van der Waals surface area contributed by atoms with Gasteiger partial charge in [0.2, 0.25) is 0 Å². The van der Waals surface area contributed by atoms with Crippen LogP contribution in [-0.2, 0) is 6.42 Å². The van der Waals surface area contributed by atoms with E-state index in [2.05, 4.69) is 50.9 Å². The number of hydrogen-bond donors (Lipinski definition) is 0. The maximum absolute atomic E-state index is 4.67. The Labute approximate surface area is 128 Å². The first kappa shape index (κ1) is 13.3. The van der Waals surface area contributed by atoms with Crippen LogP contribution in [-0.4, -0.2) is 22.6 Å². The van der Waals surface area contributed by atoms with Gasteiger partial charge in [-0.05, 0) is 0 Å². The second kappa shape index (κ2) is 4.85. The van der Waals surface area contributed by atoms with E-state index < -0.39 is 0 Å². The molecule has 3 aliphatic rings. The van der Waals surface area contributed by atoms with Gasteiger partial charge in [-0.3, -0.25) is 0 Å². The molecule has 0 radical (unpaired) electrons. The Hall–Kier alpha value is -1.34. The van der Waals surface area contributed by atoms with Gasteiger partial charge in [0.25, 0.3) is 0 Å². The zero-order valence-electron chi connectivity index (χ0n) is 12.2. The molecule has 2 nitrogen and oxygen atoms in total. The molecule has 3 aliphatic carbocycles. The Morgan fingerprint density at radius 1 is 1.33 bits per heavy atom. The van der Waals surface area contributed by atoms with Gasteiger partial charge in [-0.25, -0.2) is 0 Å². The van der Waals surface area contributed by atoms with Crippen molar-refractivity contribution < 1.29 is 0 Å². The summed E-state index contributed by atoms with van der Waals surface area (Å²) in [5.41, 5.74) is 5.21. The second-order valence-electron chi connectivity index (χ2n) is 6.40. The van der Waals surface area contributed by atoms with Crippen molar-refractivity contribution in [2.75, 3.05) is 0 Å². The monoisotopic (exact) mass is 292 g/mol. The van der Waals surface area contributed by atoms with Crippen molar-refractivity contribution >= 4 is 21.7 Å². The number of aromatic nitrogens is 2. The van der Waals surface area contributed by atoms with Crippen LogP contribution < -0.4 is 0 Å². The van der Waals surface area contributed by atoms with Crippen molar-refractivity contribution in [2.24, 2.45) is 11.3 Å². The van der Waals surface area contributed by atoms with Gasteiger partial charge >= 0.3 is 128 Å². The molecule has 21 heavy (non-hydrogen) atoms. The third-order valence-corrected chi connectivity index (χ3v) is 5.59. The third kappa shape index (κ3) is 1.94. The van der Waals surface area contributed by atoms with Crippen molar-refractivity contribution in [3.63, 3.8) is 0 Å². The molecular formula is C17H18BN2P. The molecule has 4 unspecified atom stereocenters. The van der Waals surface area contributed by atoms with Crippen LogP contribution >= 0.6 is 9.12 Å². The Morgan fingerprint density at radius 3 is 3.00 bits per heavy atom. The van der Waals surface area contributed by atoms with E-state index in [0.717, 1.165) is 17.3 Å². The summed E-state index contributed by atoms with van der Waals surface area (Å²) in [4.78, 5) is 9.08. The van der Waals surface area contributed by atoms with E-state index in [0.29, 0.717) is 11.3 Å². The molecule has 4 atom stereocenters.